The van der Waals surface area contributed by atoms with E-state index in [0.29, 0.717) is 50.0 Å². The topological polar surface area (TPSA) is 118 Å². The van der Waals surface area contributed by atoms with Gasteiger partial charge >= 0.3 is 4.87 Å². The third kappa shape index (κ3) is 5.67. The fraction of sp³-hybridized carbons (Fsp3) is 0.226. The highest BCUT2D eigenvalue weighted by atomic mass is 35.5. The molecule has 1 fully saturated rings. The maximum atomic E-state index is 13.9. The molecule has 3 unspecified atom stereocenters. The average Bonchev–Trinajstić information content (AvgIpc) is 3.48. The molecule has 3 heterocycles. The molecular weight excluding hydrogens is 610 g/mol. The standard InChI is InChI=1S/C31H26ClN3O6S2/c1-3-40-22-14-17(6-13-21(22)41-15-23(36)33-19-9-4-16(2)5-10-19)24-25-27(42-28-26(24)43-31(39)34-28)30(38)35(29(25)37)20-11-7-18(32)8-12-20/h4-14,24-25,27H,3,15H2,1-2H3,(H,33,36)(H,34,39). The number of aromatic nitrogens is 1. The number of aromatic amines is 1. The number of H-pyrrole nitrogens is 1. The maximum absolute atomic E-state index is 13.9. The van der Waals surface area contributed by atoms with Crippen LogP contribution in [0.2, 0.25) is 5.02 Å². The van der Waals surface area contributed by atoms with E-state index in [1.165, 1.54) is 16.7 Å². The number of thioether (sulfide) groups is 1. The lowest BCUT2D eigenvalue weighted by Crippen LogP contribution is -2.32. The van der Waals surface area contributed by atoms with Crippen LogP contribution in [0.5, 0.6) is 11.5 Å². The van der Waals surface area contributed by atoms with Crippen LogP contribution in [-0.4, -0.2) is 41.2 Å². The van der Waals surface area contributed by atoms with Crippen LogP contribution in [0.25, 0.3) is 0 Å². The molecular formula is C31H26ClN3O6S2. The summed E-state index contributed by atoms with van der Waals surface area (Å²) in [5, 5.41) is 3.14. The summed E-state index contributed by atoms with van der Waals surface area (Å²) in [7, 11) is 0. The number of imide groups is 1. The minimum absolute atomic E-state index is 0.245. The Balaban J connectivity index is 1.31. The zero-order valence-electron chi connectivity index (χ0n) is 23.1. The van der Waals surface area contributed by atoms with Crippen molar-refractivity contribution in [3.63, 3.8) is 0 Å². The van der Waals surface area contributed by atoms with Crippen LogP contribution in [0.3, 0.4) is 0 Å². The number of thiazole rings is 1. The average molecular weight is 636 g/mol. The van der Waals surface area contributed by atoms with E-state index in [0.717, 1.165) is 16.9 Å². The predicted octanol–water partition coefficient (Wildman–Crippen LogP) is 5.61. The van der Waals surface area contributed by atoms with Crippen LogP contribution in [0.15, 0.2) is 76.6 Å². The van der Waals surface area contributed by atoms with E-state index >= 15 is 0 Å². The van der Waals surface area contributed by atoms with Crippen molar-refractivity contribution in [2.24, 2.45) is 5.92 Å². The van der Waals surface area contributed by atoms with Crippen LogP contribution in [0.1, 0.15) is 28.8 Å². The Morgan fingerprint density at radius 3 is 2.44 bits per heavy atom. The number of nitrogens with zero attached hydrogens (tertiary/aromatic N) is 1. The second-order valence-corrected chi connectivity index (χ2v) is 12.7. The largest absolute Gasteiger partial charge is 0.490 e. The van der Waals surface area contributed by atoms with Gasteiger partial charge in [-0.25, -0.2) is 4.90 Å². The van der Waals surface area contributed by atoms with Gasteiger partial charge in [0.05, 0.1) is 23.2 Å². The van der Waals surface area contributed by atoms with Gasteiger partial charge in [-0.3, -0.25) is 19.2 Å². The molecule has 1 saturated heterocycles. The maximum Gasteiger partial charge on any atom is 0.305 e. The quantitative estimate of drug-likeness (QED) is 0.242. The Morgan fingerprint density at radius 2 is 1.72 bits per heavy atom. The number of aryl methyl sites for hydroxylation is 1. The Hall–Kier alpha value is -4.06. The summed E-state index contributed by atoms with van der Waals surface area (Å²) in [5.74, 6) is -1.64. The molecule has 2 N–H and O–H groups in total. The number of carbonyl (C=O) groups is 3. The van der Waals surface area contributed by atoms with E-state index in [1.54, 1.807) is 42.5 Å². The van der Waals surface area contributed by atoms with Crippen LogP contribution in [-0.2, 0) is 14.4 Å². The number of anilines is 2. The van der Waals surface area contributed by atoms with E-state index in [-0.39, 0.29) is 29.2 Å². The van der Waals surface area contributed by atoms with E-state index in [2.05, 4.69) is 10.3 Å². The molecule has 0 saturated carbocycles. The number of ether oxygens (including phenoxy) is 2. The van der Waals surface area contributed by atoms with E-state index in [9.17, 15) is 19.2 Å². The molecule has 3 aromatic carbocycles. The van der Waals surface area contributed by atoms with Crippen molar-refractivity contribution in [3.8, 4) is 11.5 Å². The highest BCUT2D eigenvalue weighted by Gasteiger charge is 2.56. The second kappa shape index (κ2) is 11.9. The minimum Gasteiger partial charge on any atom is -0.490 e. The molecule has 0 radical (unpaired) electrons. The third-order valence-corrected chi connectivity index (χ3v) is 9.88. The monoisotopic (exact) mass is 635 g/mol. The fourth-order valence-corrected chi connectivity index (χ4v) is 7.94. The number of halogens is 1. The smallest absolute Gasteiger partial charge is 0.305 e. The molecule has 3 atom stereocenters. The third-order valence-electron chi connectivity index (χ3n) is 7.23. The summed E-state index contributed by atoms with van der Waals surface area (Å²) >= 11 is 8.28. The Labute approximate surface area is 260 Å². The van der Waals surface area contributed by atoms with Crippen LogP contribution < -0.4 is 24.6 Å². The number of amides is 3. The highest BCUT2D eigenvalue weighted by Crippen LogP contribution is 2.53. The zero-order chi connectivity index (χ0) is 30.2. The first-order chi connectivity index (χ1) is 20.7. The van der Waals surface area contributed by atoms with Gasteiger partial charge in [-0.2, -0.15) is 0 Å². The predicted molar refractivity (Wildman–Crippen MR) is 167 cm³/mol. The zero-order valence-corrected chi connectivity index (χ0v) is 25.5. The Morgan fingerprint density at radius 1 is 0.977 bits per heavy atom. The summed E-state index contributed by atoms with van der Waals surface area (Å²) in [6, 6.07) is 19.2. The number of nitrogens with one attached hydrogen (secondary N) is 2. The second-order valence-electron chi connectivity index (χ2n) is 10.1. The number of hydrogen-bond donors (Lipinski definition) is 2. The lowest BCUT2D eigenvalue weighted by molar-refractivity contribution is -0.122. The highest BCUT2D eigenvalue weighted by molar-refractivity contribution is 8.00. The van der Waals surface area contributed by atoms with Gasteiger partial charge in [0.2, 0.25) is 11.8 Å². The van der Waals surface area contributed by atoms with Gasteiger partial charge < -0.3 is 19.8 Å². The first-order valence-corrected chi connectivity index (χ1v) is 15.6. The minimum atomic E-state index is -0.756. The molecule has 0 aliphatic carbocycles. The molecule has 220 valence electrons. The molecule has 2 aliphatic heterocycles. The summed E-state index contributed by atoms with van der Waals surface area (Å²) in [6.07, 6.45) is 0. The first-order valence-electron chi connectivity index (χ1n) is 13.5. The lowest BCUT2D eigenvalue weighted by atomic mass is 9.83. The number of hydrogen-bond acceptors (Lipinski definition) is 8. The molecule has 12 heteroatoms. The molecule has 4 aromatic rings. The van der Waals surface area contributed by atoms with Crippen molar-refractivity contribution in [2.75, 3.05) is 23.4 Å². The van der Waals surface area contributed by atoms with Gasteiger partial charge in [-0.05, 0) is 67.9 Å². The van der Waals surface area contributed by atoms with Gasteiger partial charge in [0.1, 0.15) is 5.25 Å². The molecule has 6 rings (SSSR count). The van der Waals surface area contributed by atoms with Crippen molar-refractivity contribution >= 4 is 63.8 Å². The molecule has 0 spiro atoms. The Kier molecular flexibility index (Phi) is 8.04. The normalized spacial score (nSPS) is 19.1. The van der Waals surface area contributed by atoms with E-state index in [1.807, 2.05) is 38.1 Å². The molecule has 9 nitrogen and oxygen atoms in total. The van der Waals surface area contributed by atoms with Crippen LogP contribution >= 0.6 is 34.7 Å². The summed E-state index contributed by atoms with van der Waals surface area (Å²) in [5.41, 5.74) is 2.87. The SMILES string of the molecule is CCOc1cc(C2c3sc(=O)[nH]c3SC3C(=O)N(c4ccc(Cl)cc4)C(=O)C32)ccc1OCC(=O)Nc1ccc(C)cc1. The number of rotatable bonds is 8. The Bertz CT molecular complexity index is 1770. The lowest BCUT2D eigenvalue weighted by Gasteiger charge is -2.30. The van der Waals surface area contributed by atoms with Gasteiger partial charge in [0, 0.05) is 21.5 Å². The van der Waals surface area contributed by atoms with E-state index in [4.69, 9.17) is 21.1 Å². The van der Waals surface area contributed by atoms with Crippen molar-refractivity contribution in [1.29, 1.82) is 0 Å². The van der Waals surface area contributed by atoms with Gasteiger partial charge in [0.25, 0.3) is 5.91 Å². The van der Waals surface area contributed by atoms with Crippen molar-refractivity contribution < 1.29 is 23.9 Å². The summed E-state index contributed by atoms with van der Waals surface area (Å²) in [6.45, 7) is 3.87. The summed E-state index contributed by atoms with van der Waals surface area (Å²) in [4.78, 5) is 57.0. The van der Waals surface area contributed by atoms with Crippen molar-refractivity contribution in [2.45, 2.75) is 30.0 Å². The number of fused-ring (bicyclic) bond motifs is 2. The number of carbonyl (C=O) groups excluding carboxylic acids is 3. The molecule has 2 aliphatic rings. The fourth-order valence-electron chi connectivity index (χ4n) is 5.30. The van der Waals surface area contributed by atoms with Crippen molar-refractivity contribution in [1.82, 2.24) is 4.98 Å². The summed E-state index contributed by atoms with van der Waals surface area (Å²) < 4.78 is 11.7. The molecule has 1 aromatic heterocycles. The van der Waals surface area contributed by atoms with Crippen molar-refractivity contribution in [3.05, 3.63) is 97.4 Å². The molecule has 3 amide bonds. The van der Waals surface area contributed by atoms with Crippen LogP contribution in [0, 0.1) is 12.8 Å². The van der Waals surface area contributed by atoms with E-state index < -0.39 is 17.1 Å². The molecule has 43 heavy (non-hydrogen) atoms. The van der Waals surface area contributed by atoms with Gasteiger partial charge in [0.15, 0.2) is 18.1 Å². The van der Waals surface area contributed by atoms with Gasteiger partial charge in [-0.15, -0.1) is 0 Å². The van der Waals surface area contributed by atoms with Gasteiger partial charge in [-0.1, -0.05) is 58.5 Å². The number of benzene rings is 3. The first kappa shape index (κ1) is 29.0. The van der Waals surface area contributed by atoms with Crippen LogP contribution in [0.4, 0.5) is 11.4 Å². The molecule has 0 bridgehead atoms.